The highest BCUT2D eigenvalue weighted by Gasteiger charge is 2.30. The third kappa shape index (κ3) is 4.09. The molecular formula is C18H22ClN3O4. The number of urea groups is 1. The van der Waals surface area contributed by atoms with Crippen LogP contribution in [0, 0.1) is 5.92 Å². The first-order valence-corrected chi connectivity index (χ1v) is 9.21. The largest absolute Gasteiger partial charge is 0.478 e. The molecule has 26 heavy (non-hydrogen) atoms. The number of halogens is 1. The molecule has 0 aliphatic carbocycles. The molecule has 0 bridgehead atoms. The molecule has 140 valence electrons. The number of anilines is 1. The topological polar surface area (TPSA) is 90.0 Å². The van der Waals surface area contributed by atoms with Crippen molar-refractivity contribution in [3.8, 4) is 0 Å². The van der Waals surface area contributed by atoms with Crippen LogP contribution in [-0.2, 0) is 4.79 Å². The van der Waals surface area contributed by atoms with Gasteiger partial charge in [-0.15, -0.1) is 0 Å². The Morgan fingerprint density at radius 3 is 2.23 bits per heavy atom. The third-order valence-corrected chi connectivity index (χ3v) is 5.29. The summed E-state index contributed by atoms with van der Waals surface area (Å²) >= 11 is 5.93. The zero-order valence-corrected chi connectivity index (χ0v) is 15.2. The molecule has 2 aliphatic heterocycles. The number of rotatable bonds is 3. The van der Waals surface area contributed by atoms with Crippen LogP contribution in [0.4, 0.5) is 10.5 Å². The number of nitrogens with one attached hydrogen (secondary N) is 1. The van der Waals surface area contributed by atoms with E-state index in [4.69, 9.17) is 16.7 Å². The zero-order valence-electron chi connectivity index (χ0n) is 14.4. The molecule has 3 amide bonds. The lowest BCUT2D eigenvalue weighted by molar-refractivity contribution is -0.121. The Morgan fingerprint density at radius 2 is 1.65 bits per heavy atom. The maximum Gasteiger partial charge on any atom is 0.337 e. The first kappa shape index (κ1) is 18.5. The van der Waals surface area contributed by atoms with Crippen molar-refractivity contribution >= 4 is 35.2 Å². The van der Waals surface area contributed by atoms with Gasteiger partial charge in [-0.25, -0.2) is 9.59 Å². The van der Waals surface area contributed by atoms with Crippen LogP contribution < -0.4 is 5.32 Å². The van der Waals surface area contributed by atoms with E-state index in [1.807, 2.05) is 9.80 Å². The second kappa shape index (κ2) is 7.95. The van der Waals surface area contributed by atoms with Gasteiger partial charge >= 0.3 is 12.0 Å². The van der Waals surface area contributed by atoms with Crippen LogP contribution in [0.15, 0.2) is 18.2 Å². The Bertz CT molecular complexity index is 710. The molecule has 2 heterocycles. The number of piperidine rings is 1. The number of hydrogen-bond donors (Lipinski definition) is 2. The normalized spacial score (nSPS) is 18.0. The van der Waals surface area contributed by atoms with Crippen molar-refractivity contribution in [2.24, 2.45) is 5.92 Å². The minimum Gasteiger partial charge on any atom is -0.478 e. The van der Waals surface area contributed by atoms with E-state index < -0.39 is 5.97 Å². The second-order valence-electron chi connectivity index (χ2n) is 6.73. The first-order chi connectivity index (χ1) is 12.5. The maximum atomic E-state index is 12.4. The number of benzene rings is 1. The lowest BCUT2D eigenvalue weighted by atomic mass is 9.96. The van der Waals surface area contributed by atoms with Crippen LogP contribution in [0.3, 0.4) is 0 Å². The molecule has 1 aromatic carbocycles. The Hall–Kier alpha value is -2.28. The second-order valence-corrected chi connectivity index (χ2v) is 7.13. The molecule has 0 saturated carbocycles. The molecular weight excluding hydrogens is 358 g/mol. The van der Waals surface area contributed by atoms with Crippen molar-refractivity contribution in [3.63, 3.8) is 0 Å². The van der Waals surface area contributed by atoms with Gasteiger partial charge in [0, 0.05) is 37.8 Å². The number of carboxylic acids is 1. The molecule has 0 aromatic heterocycles. The van der Waals surface area contributed by atoms with Crippen molar-refractivity contribution in [2.75, 3.05) is 31.5 Å². The van der Waals surface area contributed by atoms with Gasteiger partial charge in [-0.2, -0.15) is 0 Å². The average molecular weight is 380 g/mol. The lowest BCUT2D eigenvalue weighted by Gasteiger charge is -2.34. The Balaban J connectivity index is 1.53. The number of nitrogens with zero attached hydrogens (tertiary/aromatic N) is 2. The van der Waals surface area contributed by atoms with Crippen LogP contribution in [-0.4, -0.2) is 59.0 Å². The Kier molecular flexibility index (Phi) is 5.66. The SMILES string of the molecule is O=C(O)c1ccc(NC(=O)C2CCN(C(=O)N3CCCC3)CC2)cc1Cl. The molecule has 0 unspecified atom stereocenters. The standard InChI is InChI=1S/C18H22ClN3O4/c19-15-11-13(3-4-14(15)17(24)25)20-16(23)12-5-9-22(10-6-12)18(26)21-7-1-2-8-21/h3-4,11-12H,1-2,5-10H2,(H,20,23)(H,24,25). The molecule has 2 N–H and O–H groups in total. The highest BCUT2D eigenvalue weighted by Crippen LogP contribution is 2.24. The first-order valence-electron chi connectivity index (χ1n) is 8.83. The van der Waals surface area contributed by atoms with Gasteiger partial charge in [0.1, 0.15) is 0 Å². The predicted octanol–water partition coefficient (Wildman–Crippen LogP) is 2.90. The molecule has 0 spiro atoms. The van der Waals surface area contributed by atoms with Crippen LogP contribution in [0.25, 0.3) is 0 Å². The summed E-state index contributed by atoms with van der Waals surface area (Å²) in [5, 5.41) is 11.9. The van der Waals surface area contributed by atoms with Crippen molar-refractivity contribution in [3.05, 3.63) is 28.8 Å². The van der Waals surface area contributed by atoms with E-state index >= 15 is 0 Å². The van der Waals surface area contributed by atoms with Crippen LogP contribution in [0.1, 0.15) is 36.0 Å². The van der Waals surface area contributed by atoms with Gasteiger partial charge in [-0.1, -0.05) is 11.6 Å². The van der Waals surface area contributed by atoms with Gasteiger partial charge < -0.3 is 20.2 Å². The number of hydrogen-bond acceptors (Lipinski definition) is 3. The van der Waals surface area contributed by atoms with Crippen LogP contribution >= 0.6 is 11.6 Å². The minimum absolute atomic E-state index is 0.00148. The van der Waals surface area contributed by atoms with Crippen molar-refractivity contribution < 1.29 is 19.5 Å². The van der Waals surface area contributed by atoms with E-state index in [0.29, 0.717) is 31.6 Å². The summed E-state index contributed by atoms with van der Waals surface area (Å²) in [6, 6.07) is 4.42. The zero-order chi connectivity index (χ0) is 18.7. The van der Waals surface area contributed by atoms with Gasteiger partial charge in [0.05, 0.1) is 10.6 Å². The molecule has 2 saturated heterocycles. The number of carboxylic acid groups (broad SMARTS) is 1. The summed E-state index contributed by atoms with van der Waals surface area (Å²) < 4.78 is 0. The highest BCUT2D eigenvalue weighted by atomic mass is 35.5. The van der Waals surface area contributed by atoms with E-state index in [9.17, 15) is 14.4 Å². The summed E-state index contributed by atoms with van der Waals surface area (Å²) in [7, 11) is 0. The van der Waals surface area contributed by atoms with E-state index in [0.717, 1.165) is 25.9 Å². The fourth-order valence-electron chi connectivity index (χ4n) is 3.45. The molecule has 3 rings (SSSR count). The van der Waals surface area contributed by atoms with Gasteiger partial charge in [-0.3, -0.25) is 4.79 Å². The minimum atomic E-state index is -1.11. The Morgan fingerprint density at radius 1 is 1.04 bits per heavy atom. The molecule has 2 aliphatic rings. The molecule has 0 radical (unpaired) electrons. The quantitative estimate of drug-likeness (QED) is 0.844. The molecule has 8 heteroatoms. The van der Waals surface area contributed by atoms with Crippen LogP contribution in [0.5, 0.6) is 0 Å². The average Bonchev–Trinajstić information content (AvgIpc) is 3.15. The summed E-state index contributed by atoms with van der Waals surface area (Å²) in [6.45, 7) is 2.80. The van der Waals surface area contributed by atoms with E-state index in [1.54, 1.807) is 0 Å². The van der Waals surface area contributed by atoms with Crippen molar-refractivity contribution in [1.82, 2.24) is 9.80 Å². The molecule has 1 aromatic rings. The summed E-state index contributed by atoms with van der Waals surface area (Å²) in [5.41, 5.74) is 0.471. The fraction of sp³-hybridized carbons (Fsp3) is 0.500. The number of carbonyl (C=O) groups is 3. The monoisotopic (exact) mass is 379 g/mol. The van der Waals surface area contributed by atoms with E-state index in [1.165, 1.54) is 18.2 Å². The number of likely N-dealkylation sites (tertiary alicyclic amines) is 2. The van der Waals surface area contributed by atoms with Gasteiger partial charge in [0.15, 0.2) is 0 Å². The molecule has 7 nitrogen and oxygen atoms in total. The fourth-order valence-corrected chi connectivity index (χ4v) is 3.71. The van der Waals surface area contributed by atoms with E-state index in [-0.39, 0.29) is 28.4 Å². The number of aromatic carboxylic acids is 1. The van der Waals surface area contributed by atoms with E-state index in [2.05, 4.69) is 5.32 Å². The maximum absolute atomic E-state index is 12.4. The van der Waals surface area contributed by atoms with Gasteiger partial charge in [0.25, 0.3) is 0 Å². The molecule has 0 atom stereocenters. The van der Waals surface area contributed by atoms with Crippen molar-refractivity contribution in [2.45, 2.75) is 25.7 Å². The van der Waals surface area contributed by atoms with Crippen molar-refractivity contribution in [1.29, 1.82) is 0 Å². The Labute approximate surface area is 156 Å². The highest BCUT2D eigenvalue weighted by molar-refractivity contribution is 6.33. The van der Waals surface area contributed by atoms with Gasteiger partial charge in [-0.05, 0) is 43.9 Å². The smallest absolute Gasteiger partial charge is 0.337 e. The molecule has 2 fully saturated rings. The van der Waals surface area contributed by atoms with Crippen LogP contribution in [0.2, 0.25) is 5.02 Å². The number of amides is 3. The van der Waals surface area contributed by atoms with Gasteiger partial charge in [0.2, 0.25) is 5.91 Å². The number of carbonyl (C=O) groups excluding carboxylic acids is 2. The predicted molar refractivity (Wildman–Crippen MR) is 97.5 cm³/mol. The summed E-state index contributed by atoms with van der Waals surface area (Å²) in [5.74, 6) is -1.41. The lowest BCUT2D eigenvalue weighted by Crippen LogP contribution is -2.47. The summed E-state index contributed by atoms with van der Waals surface area (Å²) in [4.78, 5) is 39.5. The summed E-state index contributed by atoms with van der Waals surface area (Å²) in [6.07, 6.45) is 3.36. The third-order valence-electron chi connectivity index (χ3n) is 4.98.